The van der Waals surface area contributed by atoms with Crippen LogP contribution in [0.1, 0.15) is 18.1 Å². The number of aliphatic hydroxyl groups is 1. The van der Waals surface area contributed by atoms with Gasteiger partial charge in [-0.15, -0.1) is 0 Å². The molecule has 1 atom stereocenters. The molecule has 0 aromatic heterocycles. The van der Waals surface area contributed by atoms with Gasteiger partial charge < -0.3 is 21.1 Å². The number of benzene rings is 1. The second-order valence-electron chi connectivity index (χ2n) is 4.10. The van der Waals surface area contributed by atoms with Gasteiger partial charge in [0.2, 0.25) is 11.8 Å². The van der Waals surface area contributed by atoms with Crippen LogP contribution in [0, 0.1) is 0 Å². The Balaban J connectivity index is 0.000000219. The molecule has 1 aromatic carbocycles. The number of aromatic hydroxyl groups is 2. The highest BCUT2D eigenvalue weighted by molar-refractivity contribution is 6.14. The number of carbonyl (C=O) groups is 3. The molecule has 2 rings (SSSR count). The molecule has 7 N–H and O–H groups in total. The monoisotopic (exact) mass is 297 g/mol. The van der Waals surface area contributed by atoms with Gasteiger partial charge in [-0.25, -0.2) is 4.79 Å². The highest BCUT2D eigenvalue weighted by Crippen LogP contribution is 2.27. The Morgan fingerprint density at radius 3 is 2.10 bits per heavy atom. The lowest BCUT2D eigenvalue weighted by Gasteiger charge is -2.09. The number of imide groups is 2. The fraction of sp³-hybridized carbons (Fsp3) is 0.250. The van der Waals surface area contributed by atoms with E-state index in [0.29, 0.717) is 5.56 Å². The number of nitrogens with two attached hydrogens (primary N) is 1. The van der Waals surface area contributed by atoms with Gasteiger partial charge in [-0.2, -0.15) is 0 Å². The number of barbiturate groups is 1. The molecule has 9 heteroatoms. The molecule has 1 aliphatic heterocycles. The summed E-state index contributed by atoms with van der Waals surface area (Å²) in [5, 5.41) is 31.0. The van der Waals surface area contributed by atoms with Crippen molar-refractivity contribution in [1.82, 2.24) is 10.6 Å². The minimum Gasteiger partial charge on any atom is -0.504 e. The first-order chi connectivity index (χ1) is 9.83. The third-order valence-electron chi connectivity index (χ3n) is 2.43. The van der Waals surface area contributed by atoms with E-state index in [-0.39, 0.29) is 24.5 Å². The van der Waals surface area contributed by atoms with Crippen molar-refractivity contribution in [3.8, 4) is 11.5 Å². The van der Waals surface area contributed by atoms with Crippen LogP contribution in [0.25, 0.3) is 0 Å². The van der Waals surface area contributed by atoms with Crippen molar-refractivity contribution < 1.29 is 29.7 Å². The number of phenols is 2. The predicted octanol–water partition coefficient (Wildman–Crippen LogP) is -1.17. The van der Waals surface area contributed by atoms with E-state index in [1.165, 1.54) is 18.2 Å². The summed E-state index contributed by atoms with van der Waals surface area (Å²) in [6, 6.07) is 3.36. The second-order valence-corrected chi connectivity index (χ2v) is 4.10. The number of hydrogen-bond acceptors (Lipinski definition) is 7. The predicted molar refractivity (Wildman–Crippen MR) is 70.1 cm³/mol. The molecule has 4 amide bonds. The summed E-state index contributed by atoms with van der Waals surface area (Å²) in [6.07, 6.45) is -1.05. The summed E-state index contributed by atoms with van der Waals surface area (Å²) in [7, 11) is 0. The van der Waals surface area contributed by atoms with Crippen molar-refractivity contribution in [3.63, 3.8) is 0 Å². The molecule has 1 aromatic rings. The first kappa shape index (κ1) is 16.4. The second kappa shape index (κ2) is 7.22. The van der Waals surface area contributed by atoms with Crippen molar-refractivity contribution in [2.75, 3.05) is 6.54 Å². The number of urea groups is 1. The van der Waals surface area contributed by atoms with E-state index in [4.69, 9.17) is 15.9 Å². The molecule has 1 aliphatic rings. The molecule has 114 valence electrons. The maximum atomic E-state index is 10.3. The van der Waals surface area contributed by atoms with E-state index in [1.807, 2.05) is 10.6 Å². The summed E-state index contributed by atoms with van der Waals surface area (Å²) in [4.78, 5) is 30.8. The number of phenolic OH excluding ortho intramolecular Hbond substituents is 2. The summed E-state index contributed by atoms with van der Waals surface area (Å²) >= 11 is 0. The third-order valence-corrected chi connectivity index (χ3v) is 2.43. The molecule has 1 saturated heterocycles. The first-order valence-electron chi connectivity index (χ1n) is 5.87. The van der Waals surface area contributed by atoms with Crippen molar-refractivity contribution >= 4 is 17.8 Å². The van der Waals surface area contributed by atoms with Crippen LogP contribution in [0.2, 0.25) is 0 Å². The van der Waals surface area contributed by atoms with Gasteiger partial charge >= 0.3 is 6.03 Å². The summed E-state index contributed by atoms with van der Waals surface area (Å²) < 4.78 is 0. The van der Waals surface area contributed by atoms with Crippen LogP contribution in [0.5, 0.6) is 11.5 Å². The molecule has 21 heavy (non-hydrogen) atoms. The van der Waals surface area contributed by atoms with Crippen LogP contribution >= 0.6 is 0 Å². The Kier molecular flexibility index (Phi) is 5.64. The number of rotatable bonds is 2. The van der Waals surface area contributed by atoms with Gasteiger partial charge in [0.05, 0.1) is 6.10 Å². The van der Waals surface area contributed by atoms with Crippen molar-refractivity contribution in [2.45, 2.75) is 12.5 Å². The van der Waals surface area contributed by atoms with Gasteiger partial charge in [0.15, 0.2) is 11.5 Å². The third kappa shape index (κ3) is 5.09. The van der Waals surface area contributed by atoms with Gasteiger partial charge in [0.1, 0.15) is 6.42 Å². The minimum absolute atomic E-state index is 0.0875. The number of aliphatic hydroxyl groups excluding tert-OH is 1. The number of amides is 4. The van der Waals surface area contributed by atoms with Gasteiger partial charge in [0.25, 0.3) is 0 Å². The Bertz CT molecular complexity index is 515. The summed E-state index contributed by atoms with van der Waals surface area (Å²) in [5.41, 5.74) is 5.69. The first-order valence-corrected chi connectivity index (χ1v) is 5.87. The molecule has 1 fully saturated rings. The van der Waals surface area contributed by atoms with Crippen LogP contribution in [0.15, 0.2) is 18.2 Å². The Morgan fingerprint density at radius 1 is 1.10 bits per heavy atom. The standard InChI is InChI=1S/C8H11NO3.C4H4N2O3/c9-4-8(12)5-1-2-6(10)7(11)3-5;7-2-1-3(8)6-4(9)5-2/h1-3,8,10-12H,4,9H2;1H2,(H2,5,6,7,8,9)/t8-;/m0./s1. The van der Waals surface area contributed by atoms with E-state index < -0.39 is 23.9 Å². The largest absolute Gasteiger partial charge is 0.504 e. The molecule has 0 radical (unpaired) electrons. The highest BCUT2D eigenvalue weighted by atomic mass is 16.3. The van der Waals surface area contributed by atoms with E-state index in [2.05, 4.69) is 0 Å². The molecule has 0 spiro atoms. The Morgan fingerprint density at radius 2 is 1.67 bits per heavy atom. The van der Waals surface area contributed by atoms with Crippen LogP contribution in [0.3, 0.4) is 0 Å². The topological polar surface area (TPSA) is 162 Å². The molecule has 1 heterocycles. The maximum Gasteiger partial charge on any atom is 0.328 e. The van der Waals surface area contributed by atoms with Crippen LogP contribution in [-0.2, 0) is 9.59 Å². The van der Waals surface area contributed by atoms with Crippen LogP contribution in [-0.4, -0.2) is 39.7 Å². The SMILES string of the molecule is NC[C@H](O)c1ccc(O)c(O)c1.O=C1CC(=O)NC(=O)N1. The van der Waals surface area contributed by atoms with E-state index in [9.17, 15) is 19.5 Å². The van der Waals surface area contributed by atoms with Crippen LogP contribution < -0.4 is 16.4 Å². The minimum atomic E-state index is -0.795. The lowest BCUT2D eigenvalue weighted by atomic mass is 10.1. The molecular weight excluding hydrogens is 282 g/mol. The zero-order chi connectivity index (χ0) is 16.0. The quantitative estimate of drug-likeness (QED) is 0.296. The maximum absolute atomic E-state index is 10.3. The van der Waals surface area contributed by atoms with Crippen molar-refractivity contribution in [1.29, 1.82) is 0 Å². The van der Waals surface area contributed by atoms with Crippen molar-refractivity contribution in [2.24, 2.45) is 5.73 Å². The summed E-state index contributed by atoms with van der Waals surface area (Å²) in [5.74, 6) is -1.56. The normalized spacial score (nSPS) is 15.4. The number of hydrogen-bond donors (Lipinski definition) is 6. The van der Waals surface area contributed by atoms with Gasteiger partial charge in [0, 0.05) is 6.54 Å². The lowest BCUT2D eigenvalue weighted by molar-refractivity contribution is -0.129. The fourth-order valence-corrected chi connectivity index (χ4v) is 1.40. The molecule has 0 unspecified atom stereocenters. The van der Waals surface area contributed by atoms with Crippen molar-refractivity contribution in [3.05, 3.63) is 23.8 Å². The molecule has 9 nitrogen and oxygen atoms in total. The number of carbonyl (C=O) groups excluding carboxylic acids is 3. The van der Waals surface area contributed by atoms with E-state index in [0.717, 1.165) is 0 Å². The molecule has 0 aliphatic carbocycles. The summed E-state index contributed by atoms with van der Waals surface area (Å²) in [6.45, 7) is 0.0875. The van der Waals surface area contributed by atoms with Gasteiger partial charge in [-0.3, -0.25) is 20.2 Å². The molecule has 0 bridgehead atoms. The lowest BCUT2D eigenvalue weighted by Crippen LogP contribution is -2.49. The van der Waals surface area contributed by atoms with Gasteiger partial charge in [-0.1, -0.05) is 6.07 Å². The smallest absolute Gasteiger partial charge is 0.328 e. The van der Waals surface area contributed by atoms with Crippen LogP contribution in [0.4, 0.5) is 4.79 Å². The molecule has 0 saturated carbocycles. The Labute approximate surface area is 119 Å². The van der Waals surface area contributed by atoms with E-state index in [1.54, 1.807) is 0 Å². The highest BCUT2D eigenvalue weighted by Gasteiger charge is 2.20. The van der Waals surface area contributed by atoms with Gasteiger partial charge in [-0.05, 0) is 17.7 Å². The number of nitrogens with one attached hydrogen (secondary N) is 2. The Hall–Kier alpha value is -2.65. The average molecular weight is 297 g/mol. The van der Waals surface area contributed by atoms with E-state index >= 15 is 0 Å². The zero-order valence-electron chi connectivity index (χ0n) is 10.9. The zero-order valence-corrected chi connectivity index (χ0v) is 10.9. The molecular formula is C12H15N3O6. The average Bonchev–Trinajstić information content (AvgIpc) is 2.40. The fourth-order valence-electron chi connectivity index (χ4n) is 1.40.